The van der Waals surface area contributed by atoms with Crippen LogP contribution >= 0.6 is 0 Å². The minimum Gasteiger partial charge on any atom is -0.486 e. The fourth-order valence-electron chi connectivity index (χ4n) is 2.37. The third kappa shape index (κ3) is 2.79. The number of hydrogen-bond acceptors (Lipinski definition) is 2. The maximum atomic E-state index is 8.79. The minimum absolute atomic E-state index is 0.401. The maximum Gasteiger partial charge on any atom is 0.123 e. The number of fused-ring (bicyclic) bond motifs is 1. The third-order valence-electron chi connectivity index (χ3n) is 3.24. The zero-order valence-electron chi connectivity index (χ0n) is 10.6. The van der Waals surface area contributed by atoms with E-state index in [1.165, 1.54) is 24.0 Å². The molecule has 0 saturated heterocycles. The number of benzene rings is 1. The summed E-state index contributed by atoms with van der Waals surface area (Å²) in [6.07, 6.45) is 5.19. The number of ether oxygens (including phenoxy) is 1. The standard InChI is InChI=1S/C15H19NO/c1-15(2,10-11-16)17-14-9-5-7-12-6-3-4-8-13(12)14/h5,7,9H,3-4,6,8,10H2,1-2H3. The molecule has 0 N–H and O–H groups in total. The lowest BCUT2D eigenvalue weighted by Crippen LogP contribution is -2.28. The van der Waals surface area contributed by atoms with Crippen molar-refractivity contribution in [2.75, 3.05) is 0 Å². The van der Waals surface area contributed by atoms with Gasteiger partial charge in [0.25, 0.3) is 0 Å². The molecule has 1 aromatic rings. The van der Waals surface area contributed by atoms with Crippen molar-refractivity contribution in [1.82, 2.24) is 0 Å². The van der Waals surface area contributed by atoms with Gasteiger partial charge >= 0.3 is 0 Å². The lowest BCUT2D eigenvalue weighted by Gasteiger charge is -2.27. The Morgan fingerprint density at radius 2 is 2.06 bits per heavy atom. The highest BCUT2D eigenvalue weighted by molar-refractivity contribution is 5.42. The Morgan fingerprint density at radius 3 is 2.82 bits per heavy atom. The number of hydrogen-bond donors (Lipinski definition) is 0. The van der Waals surface area contributed by atoms with Gasteiger partial charge in [-0.3, -0.25) is 0 Å². The van der Waals surface area contributed by atoms with Crippen LogP contribution in [0.2, 0.25) is 0 Å². The van der Waals surface area contributed by atoms with Crippen LogP contribution in [-0.2, 0) is 12.8 Å². The molecule has 0 aromatic heterocycles. The smallest absolute Gasteiger partial charge is 0.123 e. The number of nitriles is 1. The van der Waals surface area contributed by atoms with Crippen LogP contribution in [0.3, 0.4) is 0 Å². The molecule has 0 amide bonds. The highest BCUT2D eigenvalue weighted by Gasteiger charge is 2.22. The summed E-state index contributed by atoms with van der Waals surface area (Å²) in [5, 5.41) is 8.79. The van der Waals surface area contributed by atoms with Crippen LogP contribution in [0.25, 0.3) is 0 Å². The summed E-state index contributed by atoms with van der Waals surface area (Å²) in [4.78, 5) is 0. The Labute approximate surface area is 103 Å². The second-order valence-electron chi connectivity index (χ2n) is 5.30. The van der Waals surface area contributed by atoms with Crippen molar-refractivity contribution < 1.29 is 4.74 Å². The monoisotopic (exact) mass is 229 g/mol. The molecule has 0 radical (unpaired) electrons. The van der Waals surface area contributed by atoms with Gasteiger partial charge in [-0.25, -0.2) is 0 Å². The van der Waals surface area contributed by atoms with E-state index in [2.05, 4.69) is 18.2 Å². The molecule has 0 unspecified atom stereocenters. The first-order chi connectivity index (χ1) is 8.12. The van der Waals surface area contributed by atoms with Gasteiger partial charge in [0.2, 0.25) is 0 Å². The molecule has 0 aliphatic heterocycles. The molecule has 0 fully saturated rings. The maximum absolute atomic E-state index is 8.79. The molecule has 1 aliphatic carbocycles. The van der Waals surface area contributed by atoms with Crippen LogP contribution in [0.4, 0.5) is 0 Å². The summed E-state index contributed by atoms with van der Waals surface area (Å²) in [5.74, 6) is 0.974. The molecule has 0 saturated carbocycles. The molecule has 1 aromatic carbocycles. The molecule has 2 heteroatoms. The topological polar surface area (TPSA) is 33.0 Å². The van der Waals surface area contributed by atoms with Crippen LogP contribution < -0.4 is 4.74 Å². The van der Waals surface area contributed by atoms with Crippen molar-refractivity contribution in [3.05, 3.63) is 29.3 Å². The van der Waals surface area contributed by atoms with Gasteiger partial charge in [0.15, 0.2) is 0 Å². The normalized spacial score (nSPS) is 14.9. The van der Waals surface area contributed by atoms with Crippen molar-refractivity contribution >= 4 is 0 Å². The van der Waals surface area contributed by atoms with Crippen molar-refractivity contribution in [2.24, 2.45) is 0 Å². The van der Waals surface area contributed by atoms with Crippen LogP contribution in [0.5, 0.6) is 5.75 Å². The van der Waals surface area contributed by atoms with Crippen LogP contribution in [0, 0.1) is 11.3 Å². The van der Waals surface area contributed by atoms with Gasteiger partial charge in [-0.15, -0.1) is 0 Å². The summed E-state index contributed by atoms with van der Waals surface area (Å²) in [6, 6.07) is 8.46. The van der Waals surface area contributed by atoms with Gasteiger partial charge < -0.3 is 4.74 Å². The Bertz CT molecular complexity index is 443. The highest BCUT2D eigenvalue weighted by Crippen LogP contribution is 2.32. The second kappa shape index (κ2) is 4.79. The average molecular weight is 229 g/mol. The van der Waals surface area contributed by atoms with Gasteiger partial charge in [0.1, 0.15) is 11.4 Å². The van der Waals surface area contributed by atoms with Crippen LogP contribution in [0.1, 0.15) is 44.2 Å². The fourth-order valence-corrected chi connectivity index (χ4v) is 2.37. The van der Waals surface area contributed by atoms with E-state index < -0.39 is 5.60 Å². The SMILES string of the molecule is CC(C)(CC#N)Oc1cccc2c1CCCC2. The summed E-state index contributed by atoms with van der Waals surface area (Å²) < 4.78 is 6.02. The van der Waals surface area contributed by atoms with Crippen molar-refractivity contribution in [3.63, 3.8) is 0 Å². The largest absolute Gasteiger partial charge is 0.486 e. The van der Waals surface area contributed by atoms with E-state index in [-0.39, 0.29) is 0 Å². The first-order valence-corrected chi connectivity index (χ1v) is 6.29. The Hall–Kier alpha value is -1.49. The molecule has 0 heterocycles. The first-order valence-electron chi connectivity index (χ1n) is 6.29. The van der Waals surface area contributed by atoms with Gasteiger partial charge in [0, 0.05) is 0 Å². The molecule has 1 aliphatic rings. The van der Waals surface area contributed by atoms with Crippen LogP contribution in [-0.4, -0.2) is 5.60 Å². The van der Waals surface area contributed by atoms with Gasteiger partial charge in [0.05, 0.1) is 12.5 Å². The van der Waals surface area contributed by atoms with E-state index in [4.69, 9.17) is 10.00 Å². The molecule has 0 spiro atoms. The third-order valence-corrected chi connectivity index (χ3v) is 3.24. The number of aryl methyl sites for hydroxylation is 1. The van der Waals surface area contributed by atoms with E-state index in [0.29, 0.717) is 6.42 Å². The predicted octanol–water partition coefficient (Wildman–Crippen LogP) is 3.64. The van der Waals surface area contributed by atoms with E-state index >= 15 is 0 Å². The predicted molar refractivity (Wildman–Crippen MR) is 68.0 cm³/mol. The molecular formula is C15H19NO. The van der Waals surface area contributed by atoms with Crippen LogP contribution in [0.15, 0.2) is 18.2 Å². The van der Waals surface area contributed by atoms with Crippen molar-refractivity contribution in [1.29, 1.82) is 5.26 Å². The van der Waals surface area contributed by atoms with E-state index in [9.17, 15) is 0 Å². The van der Waals surface area contributed by atoms with Gasteiger partial charge in [-0.2, -0.15) is 5.26 Å². The molecule has 2 nitrogen and oxygen atoms in total. The molecule has 2 rings (SSSR count). The highest BCUT2D eigenvalue weighted by atomic mass is 16.5. The number of nitrogens with zero attached hydrogens (tertiary/aromatic N) is 1. The number of rotatable bonds is 3. The first kappa shape index (κ1) is 12.0. The summed E-state index contributed by atoms with van der Waals surface area (Å²) >= 11 is 0. The zero-order valence-corrected chi connectivity index (χ0v) is 10.6. The zero-order chi connectivity index (χ0) is 12.3. The Morgan fingerprint density at radius 1 is 1.29 bits per heavy atom. The summed E-state index contributed by atoms with van der Waals surface area (Å²) in [7, 11) is 0. The summed E-state index contributed by atoms with van der Waals surface area (Å²) in [6.45, 7) is 3.94. The Kier molecular flexibility index (Phi) is 3.38. The van der Waals surface area contributed by atoms with Gasteiger partial charge in [-0.05, 0) is 56.7 Å². The fraction of sp³-hybridized carbons (Fsp3) is 0.533. The molecule has 0 atom stereocenters. The lowest BCUT2D eigenvalue weighted by atomic mass is 9.91. The van der Waals surface area contributed by atoms with E-state index in [1.807, 2.05) is 19.9 Å². The van der Waals surface area contributed by atoms with E-state index in [1.54, 1.807) is 0 Å². The second-order valence-corrected chi connectivity index (χ2v) is 5.30. The lowest BCUT2D eigenvalue weighted by molar-refractivity contribution is 0.113. The molecule has 17 heavy (non-hydrogen) atoms. The van der Waals surface area contributed by atoms with E-state index in [0.717, 1.165) is 18.6 Å². The van der Waals surface area contributed by atoms with Gasteiger partial charge in [-0.1, -0.05) is 12.1 Å². The Balaban J connectivity index is 2.25. The molecular weight excluding hydrogens is 210 g/mol. The minimum atomic E-state index is -0.401. The molecule has 0 bridgehead atoms. The van der Waals surface area contributed by atoms with Crippen molar-refractivity contribution in [2.45, 2.75) is 51.6 Å². The average Bonchev–Trinajstić information content (AvgIpc) is 2.29. The summed E-state index contributed by atoms with van der Waals surface area (Å²) in [5.41, 5.74) is 2.37. The van der Waals surface area contributed by atoms with Crippen molar-refractivity contribution in [3.8, 4) is 11.8 Å². The molecule has 90 valence electrons. The quantitative estimate of drug-likeness (QED) is 0.792.